The predicted octanol–water partition coefficient (Wildman–Crippen LogP) is 4.13. The first-order valence-electron chi connectivity index (χ1n) is 6.42. The van der Waals surface area contributed by atoms with Crippen LogP contribution in [0.1, 0.15) is 25.8 Å². The molecular formula is C16H14Cl2N2O. The van der Waals surface area contributed by atoms with Crippen LogP contribution in [0, 0.1) is 11.3 Å². The van der Waals surface area contributed by atoms with Crippen molar-refractivity contribution in [1.29, 1.82) is 5.26 Å². The number of hydrogen-bond acceptors (Lipinski definition) is 2. The minimum atomic E-state index is -0.388. The van der Waals surface area contributed by atoms with Gasteiger partial charge in [0, 0.05) is 21.1 Å². The van der Waals surface area contributed by atoms with E-state index in [1.165, 1.54) is 0 Å². The summed E-state index contributed by atoms with van der Waals surface area (Å²) < 4.78 is 0. The maximum Gasteiger partial charge on any atom is 0.262 e. The Labute approximate surface area is 133 Å². The summed E-state index contributed by atoms with van der Waals surface area (Å²) in [6.45, 7) is 3.82. The van der Waals surface area contributed by atoms with Crippen LogP contribution < -0.4 is 5.32 Å². The first-order chi connectivity index (χ1) is 9.84. The van der Waals surface area contributed by atoms with Crippen LogP contribution in [-0.4, -0.2) is 11.4 Å². The van der Waals surface area contributed by atoms with Crippen molar-refractivity contribution < 1.29 is 4.79 Å². The average Bonchev–Trinajstić information content (AvgIpc) is 2.36. The molecule has 21 heavy (non-hydrogen) atoms. The minimum absolute atomic E-state index is 0.133. The van der Waals surface area contributed by atoms with Gasteiger partial charge in [0.05, 0.1) is 0 Å². The van der Waals surface area contributed by atoms with Gasteiger partial charge in [-0.15, -0.1) is 0 Å². The van der Waals surface area contributed by atoms with E-state index in [0.717, 1.165) is 0 Å². The van der Waals surface area contributed by atoms with Crippen molar-refractivity contribution in [2.45, 2.75) is 25.8 Å². The van der Waals surface area contributed by atoms with Gasteiger partial charge in [0.15, 0.2) is 0 Å². The molecule has 1 aliphatic rings. The summed E-state index contributed by atoms with van der Waals surface area (Å²) in [7, 11) is 0. The first-order valence-corrected chi connectivity index (χ1v) is 7.17. The number of halogens is 2. The molecule has 1 aliphatic heterocycles. The van der Waals surface area contributed by atoms with Gasteiger partial charge >= 0.3 is 0 Å². The summed E-state index contributed by atoms with van der Waals surface area (Å²) in [5, 5.41) is 13.0. The van der Waals surface area contributed by atoms with Gasteiger partial charge in [0.1, 0.15) is 11.6 Å². The highest BCUT2D eigenvalue weighted by Crippen LogP contribution is 2.29. The summed E-state index contributed by atoms with van der Waals surface area (Å²) in [5.41, 5.74) is 1.10. The second-order valence-electron chi connectivity index (χ2n) is 5.50. The van der Waals surface area contributed by atoms with Crippen molar-refractivity contribution in [3.63, 3.8) is 0 Å². The fourth-order valence-corrected chi connectivity index (χ4v) is 2.77. The Morgan fingerprint density at radius 3 is 2.48 bits per heavy atom. The molecule has 0 aliphatic carbocycles. The van der Waals surface area contributed by atoms with Gasteiger partial charge < -0.3 is 5.32 Å². The highest BCUT2D eigenvalue weighted by Gasteiger charge is 2.30. The molecule has 0 bridgehead atoms. The van der Waals surface area contributed by atoms with Crippen LogP contribution in [-0.2, 0) is 4.79 Å². The lowest BCUT2D eigenvalue weighted by Gasteiger charge is -2.31. The third-order valence-corrected chi connectivity index (χ3v) is 3.85. The van der Waals surface area contributed by atoms with Gasteiger partial charge in [-0.05, 0) is 38.0 Å². The predicted molar refractivity (Wildman–Crippen MR) is 85.0 cm³/mol. The van der Waals surface area contributed by atoms with Gasteiger partial charge in [0.25, 0.3) is 5.91 Å². The van der Waals surface area contributed by atoms with Gasteiger partial charge in [0.2, 0.25) is 0 Å². The zero-order chi connectivity index (χ0) is 15.6. The third kappa shape index (κ3) is 3.47. The molecule has 1 aromatic rings. The van der Waals surface area contributed by atoms with Crippen LogP contribution in [0.5, 0.6) is 0 Å². The number of hydrogen-bond donors (Lipinski definition) is 1. The summed E-state index contributed by atoms with van der Waals surface area (Å²) in [4.78, 5) is 11.9. The molecule has 0 atom stereocenters. The topological polar surface area (TPSA) is 52.9 Å². The molecular weight excluding hydrogens is 307 g/mol. The molecule has 0 fully saturated rings. The molecule has 0 saturated heterocycles. The molecule has 0 unspecified atom stereocenters. The molecule has 0 aromatic heterocycles. The molecule has 3 nitrogen and oxygen atoms in total. The van der Waals surface area contributed by atoms with Crippen molar-refractivity contribution in [2.75, 3.05) is 0 Å². The Bertz CT molecular complexity index is 676. The van der Waals surface area contributed by atoms with E-state index < -0.39 is 0 Å². The maximum absolute atomic E-state index is 11.9. The van der Waals surface area contributed by atoms with Gasteiger partial charge in [-0.3, -0.25) is 4.79 Å². The summed E-state index contributed by atoms with van der Waals surface area (Å²) in [5.74, 6) is -0.348. The fourth-order valence-electron chi connectivity index (χ4n) is 2.24. The number of benzene rings is 1. The quantitative estimate of drug-likeness (QED) is 0.890. The molecule has 108 valence electrons. The highest BCUT2D eigenvalue weighted by atomic mass is 35.5. The van der Waals surface area contributed by atoms with E-state index in [1.54, 1.807) is 30.4 Å². The Balaban J connectivity index is 2.43. The molecule has 1 amide bonds. The summed E-state index contributed by atoms with van der Waals surface area (Å²) in [6.07, 6.45) is 4.05. The monoisotopic (exact) mass is 320 g/mol. The first kappa shape index (κ1) is 15.6. The van der Waals surface area contributed by atoms with Crippen molar-refractivity contribution in [2.24, 2.45) is 0 Å². The average molecular weight is 321 g/mol. The smallest absolute Gasteiger partial charge is 0.262 e. The zero-order valence-electron chi connectivity index (χ0n) is 11.7. The highest BCUT2D eigenvalue weighted by molar-refractivity contribution is 6.37. The van der Waals surface area contributed by atoms with Crippen LogP contribution >= 0.6 is 23.2 Å². The van der Waals surface area contributed by atoms with E-state index >= 15 is 0 Å². The van der Waals surface area contributed by atoms with Crippen molar-refractivity contribution in [1.82, 2.24) is 5.32 Å². The number of nitrogens with zero attached hydrogens (tertiary/aromatic N) is 1. The van der Waals surface area contributed by atoms with Gasteiger partial charge in [-0.2, -0.15) is 5.26 Å². The summed E-state index contributed by atoms with van der Waals surface area (Å²) in [6, 6.07) is 7.20. The third-order valence-electron chi connectivity index (χ3n) is 3.20. The number of rotatable bonds is 2. The molecule has 1 heterocycles. The lowest BCUT2D eigenvalue weighted by Crippen LogP contribution is -2.47. The number of amides is 1. The van der Waals surface area contributed by atoms with Crippen LogP contribution in [0.15, 0.2) is 35.4 Å². The maximum atomic E-state index is 11.9. The number of allylic oxidation sites excluding steroid dienone is 1. The molecule has 0 radical (unpaired) electrons. The van der Waals surface area contributed by atoms with Crippen LogP contribution in [0.2, 0.25) is 10.0 Å². The van der Waals surface area contributed by atoms with E-state index in [4.69, 9.17) is 28.5 Å². The molecule has 0 saturated carbocycles. The largest absolute Gasteiger partial charge is 0.346 e. The standard InChI is InChI=1S/C16H14Cl2N2O/c1-16(2)8-10(12(9-19)15(21)20-16)6-7-11-13(17)4-3-5-14(11)18/h3-7H,8H2,1-2H3,(H,20,21)/b7-6+. The van der Waals surface area contributed by atoms with E-state index in [0.29, 0.717) is 27.6 Å². The Morgan fingerprint density at radius 2 is 1.90 bits per heavy atom. The van der Waals surface area contributed by atoms with Crippen molar-refractivity contribution in [3.8, 4) is 6.07 Å². The van der Waals surface area contributed by atoms with Gasteiger partial charge in [-0.25, -0.2) is 0 Å². The number of carbonyl (C=O) groups is 1. The van der Waals surface area contributed by atoms with Gasteiger partial charge in [-0.1, -0.05) is 41.4 Å². The van der Waals surface area contributed by atoms with E-state index in [2.05, 4.69) is 5.32 Å². The van der Waals surface area contributed by atoms with Crippen LogP contribution in [0.25, 0.3) is 6.08 Å². The fraction of sp³-hybridized carbons (Fsp3) is 0.250. The number of carbonyl (C=O) groups excluding carboxylic acids is 1. The molecule has 1 aromatic carbocycles. The number of nitriles is 1. The Kier molecular flexibility index (Phi) is 4.41. The summed E-state index contributed by atoms with van der Waals surface area (Å²) >= 11 is 12.2. The van der Waals surface area contributed by atoms with E-state index in [-0.39, 0.29) is 17.0 Å². The van der Waals surface area contributed by atoms with Crippen molar-refractivity contribution >= 4 is 35.2 Å². The minimum Gasteiger partial charge on any atom is -0.346 e. The second kappa shape index (κ2) is 5.93. The normalized spacial score (nSPS) is 17.8. The second-order valence-corrected chi connectivity index (χ2v) is 6.31. The van der Waals surface area contributed by atoms with Crippen LogP contribution in [0.3, 0.4) is 0 Å². The van der Waals surface area contributed by atoms with Crippen LogP contribution in [0.4, 0.5) is 0 Å². The molecule has 5 heteroatoms. The Morgan fingerprint density at radius 1 is 1.29 bits per heavy atom. The zero-order valence-corrected chi connectivity index (χ0v) is 13.2. The Hall–Kier alpha value is -1.76. The number of nitrogens with one attached hydrogen (secondary N) is 1. The SMILES string of the molecule is CC1(C)CC(/C=C/c2c(Cl)cccc2Cl)=C(C#N)C(=O)N1. The van der Waals surface area contributed by atoms with E-state index in [9.17, 15) is 4.79 Å². The molecule has 1 N–H and O–H groups in total. The van der Waals surface area contributed by atoms with Crippen molar-refractivity contribution in [3.05, 3.63) is 51.0 Å². The molecule has 0 spiro atoms. The lowest BCUT2D eigenvalue weighted by atomic mass is 9.87. The van der Waals surface area contributed by atoms with E-state index in [1.807, 2.05) is 19.9 Å². The molecule has 2 rings (SSSR count). The lowest BCUT2D eigenvalue weighted by molar-refractivity contribution is -0.119.